The molecule has 1 aromatic heterocycles. The van der Waals surface area contributed by atoms with Crippen molar-refractivity contribution in [3.63, 3.8) is 0 Å². The van der Waals surface area contributed by atoms with Crippen LogP contribution in [0, 0.1) is 30.9 Å². The fourth-order valence-corrected chi connectivity index (χ4v) is 5.09. The molecule has 0 spiro atoms. The number of nitro groups is 1. The summed E-state index contributed by atoms with van der Waals surface area (Å²) < 4.78 is 0. The number of non-ortho nitro benzene ring substituents is 1. The average molecular weight is 492 g/mol. The van der Waals surface area contributed by atoms with Crippen LogP contribution >= 0.6 is 11.3 Å². The van der Waals surface area contributed by atoms with Crippen LogP contribution in [0.25, 0.3) is 5.76 Å². The Morgan fingerprint density at radius 3 is 2.49 bits per heavy atom. The Labute approximate surface area is 204 Å². The summed E-state index contributed by atoms with van der Waals surface area (Å²) >= 11 is 0.949. The van der Waals surface area contributed by atoms with Gasteiger partial charge in [-0.25, -0.2) is 4.98 Å². The van der Waals surface area contributed by atoms with Crippen molar-refractivity contribution in [2.75, 3.05) is 4.90 Å². The first-order valence-electron chi connectivity index (χ1n) is 10.6. The minimum absolute atomic E-state index is 0.0892. The van der Waals surface area contributed by atoms with E-state index in [-0.39, 0.29) is 33.5 Å². The maximum absolute atomic E-state index is 13.3. The van der Waals surface area contributed by atoms with Gasteiger partial charge in [0.25, 0.3) is 11.5 Å². The topological polar surface area (TPSA) is 131 Å². The van der Waals surface area contributed by atoms with Crippen LogP contribution in [-0.2, 0) is 9.59 Å². The largest absolute Gasteiger partial charge is 0.507 e. The minimum atomic E-state index is -1.18. The van der Waals surface area contributed by atoms with Gasteiger partial charge >= 0.3 is 5.91 Å². The quantitative estimate of drug-likeness (QED) is 0.135. The van der Waals surface area contributed by atoms with Crippen LogP contribution in [0.15, 0.2) is 48.0 Å². The lowest BCUT2D eigenvalue weighted by atomic mass is 9.93. The van der Waals surface area contributed by atoms with Crippen molar-refractivity contribution in [2.24, 2.45) is 0 Å². The zero-order valence-corrected chi connectivity index (χ0v) is 20.2. The molecule has 1 fully saturated rings. The van der Waals surface area contributed by atoms with Crippen molar-refractivity contribution in [1.29, 1.82) is 0 Å². The van der Waals surface area contributed by atoms with Crippen molar-refractivity contribution in [3.05, 3.63) is 91.0 Å². The van der Waals surface area contributed by atoms with E-state index in [9.17, 15) is 29.6 Å². The summed E-state index contributed by atoms with van der Waals surface area (Å²) in [5, 5.41) is 22.8. The Hall–Kier alpha value is -4.18. The summed E-state index contributed by atoms with van der Waals surface area (Å²) in [5.74, 6) is -2.52. The fourth-order valence-electron chi connectivity index (χ4n) is 4.10. The molecular formula is C25H21N3O6S. The van der Waals surface area contributed by atoms with Crippen LogP contribution in [-0.4, -0.2) is 32.5 Å². The van der Waals surface area contributed by atoms with Gasteiger partial charge in [-0.05, 0) is 38.0 Å². The number of ketones is 2. The Morgan fingerprint density at radius 1 is 1.14 bits per heavy atom. The van der Waals surface area contributed by atoms with Crippen LogP contribution in [0.5, 0.6) is 0 Å². The number of nitro benzene ring substituents is 1. The summed E-state index contributed by atoms with van der Waals surface area (Å²) in [6.45, 7) is 6.58. The van der Waals surface area contributed by atoms with E-state index >= 15 is 0 Å². The van der Waals surface area contributed by atoms with Gasteiger partial charge in [-0.1, -0.05) is 41.2 Å². The van der Waals surface area contributed by atoms with Gasteiger partial charge in [0.2, 0.25) is 0 Å². The summed E-state index contributed by atoms with van der Waals surface area (Å²) in [6.07, 6.45) is 0. The molecule has 2 heterocycles. The number of aryl methyl sites for hydroxylation is 3. The number of hydrogen-bond donors (Lipinski definition) is 1. The lowest BCUT2D eigenvalue weighted by molar-refractivity contribution is -0.384. The van der Waals surface area contributed by atoms with Crippen molar-refractivity contribution in [1.82, 2.24) is 4.98 Å². The number of hydrogen-bond acceptors (Lipinski definition) is 8. The Morgan fingerprint density at radius 2 is 1.86 bits per heavy atom. The second kappa shape index (κ2) is 8.88. The molecule has 35 heavy (non-hydrogen) atoms. The van der Waals surface area contributed by atoms with Gasteiger partial charge in [0.15, 0.2) is 10.9 Å². The van der Waals surface area contributed by atoms with Gasteiger partial charge in [0, 0.05) is 24.6 Å². The number of aliphatic hydroxyl groups excluding tert-OH is 1. The predicted octanol–water partition coefficient (Wildman–Crippen LogP) is 4.81. The highest BCUT2D eigenvalue weighted by Gasteiger charge is 2.48. The van der Waals surface area contributed by atoms with E-state index in [2.05, 4.69) is 4.98 Å². The number of Topliss-reactive ketones (excluding diaryl/α,β-unsaturated/α-hetero) is 2. The van der Waals surface area contributed by atoms with E-state index in [0.717, 1.165) is 21.8 Å². The van der Waals surface area contributed by atoms with E-state index in [0.29, 0.717) is 21.7 Å². The van der Waals surface area contributed by atoms with Gasteiger partial charge in [-0.2, -0.15) is 0 Å². The maximum atomic E-state index is 13.3. The minimum Gasteiger partial charge on any atom is -0.507 e. The molecule has 0 saturated carbocycles. The Bertz CT molecular complexity index is 1460. The molecule has 0 bridgehead atoms. The number of thiazole rings is 1. The smallest absolute Gasteiger partial charge is 0.301 e. The summed E-state index contributed by atoms with van der Waals surface area (Å²) in [4.78, 5) is 55.2. The number of anilines is 1. The molecule has 2 aromatic carbocycles. The van der Waals surface area contributed by atoms with Gasteiger partial charge in [-0.15, -0.1) is 0 Å². The molecule has 1 atom stereocenters. The van der Waals surface area contributed by atoms with Crippen molar-refractivity contribution < 1.29 is 24.4 Å². The molecule has 1 N–H and O–H groups in total. The van der Waals surface area contributed by atoms with Gasteiger partial charge in [0.05, 0.1) is 27.1 Å². The van der Waals surface area contributed by atoms with Crippen molar-refractivity contribution in [2.45, 2.75) is 33.7 Å². The highest BCUT2D eigenvalue weighted by atomic mass is 32.1. The summed E-state index contributed by atoms with van der Waals surface area (Å²) in [6, 6.07) is 9.69. The maximum Gasteiger partial charge on any atom is 0.301 e. The zero-order valence-electron chi connectivity index (χ0n) is 19.4. The number of aliphatic hydroxyl groups is 1. The lowest BCUT2D eigenvalue weighted by Gasteiger charge is -2.23. The molecule has 0 radical (unpaired) electrons. The third-order valence-electron chi connectivity index (χ3n) is 5.80. The molecule has 10 heteroatoms. The van der Waals surface area contributed by atoms with Crippen LogP contribution in [0.4, 0.5) is 10.8 Å². The van der Waals surface area contributed by atoms with E-state index in [1.807, 2.05) is 13.0 Å². The third kappa shape index (κ3) is 4.12. The van der Waals surface area contributed by atoms with Gasteiger partial charge in [0.1, 0.15) is 5.76 Å². The van der Waals surface area contributed by atoms with Crippen LogP contribution < -0.4 is 4.90 Å². The number of benzene rings is 2. The van der Waals surface area contributed by atoms with Gasteiger partial charge < -0.3 is 5.11 Å². The lowest BCUT2D eigenvalue weighted by Crippen LogP contribution is -2.29. The van der Waals surface area contributed by atoms with Crippen LogP contribution in [0.2, 0.25) is 0 Å². The van der Waals surface area contributed by atoms with E-state index in [4.69, 9.17) is 0 Å². The van der Waals surface area contributed by atoms with Crippen molar-refractivity contribution in [3.8, 4) is 0 Å². The van der Waals surface area contributed by atoms with E-state index in [1.165, 1.54) is 25.1 Å². The number of carbonyl (C=O) groups is 3. The van der Waals surface area contributed by atoms with Gasteiger partial charge in [-0.3, -0.25) is 29.4 Å². The standard InChI is InChI=1S/C25H21N3O6S/c1-12-8-9-13(2)18(10-12)21(30)19-20(16-6-5-7-17(11-16)28(33)34)27(24(32)22(19)31)25-26-14(3)23(35-25)15(4)29/h5-11,20,30H,1-4H3/b21-19+. The molecule has 1 aliphatic heterocycles. The highest BCUT2D eigenvalue weighted by molar-refractivity contribution is 7.18. The average Bonchev–Trinajstić information content (AvgIpc) is 3.32. The number of carbonyl (C=O) groups excluding carboxylic acids is 3. The summed E-state index contributed by atoms with van der Waals surface area (Å²) in [7, 11) is 0. The molecule has 1 amide bonds. The molecule has 3 aromatic rings. The second-order valence-corrected chi connectivity index (χ2v) is 9.28. The molecule has 0 aliphatic carbocycles. The van der Waals surface area contributed by atoms with E-state index in [1.54, 1.807) is 32.0 Å². The third-order valence-corrected chi connectivity index (χ3v) is 7.06. The Kier molecular flexibility index (Phi) is 6.08. The number of amides is 1. The second-order valence-electron chi connectivity index (χ2n) is 8.31. The first-order chi connectivity index (χ1) is 16.5. The fraction of sp³-hybridized carbons (Fsp3) is 0.200. The molecular weight excluding hydrogens is 470 g/mol. The van der Waals surface area contributed by atoms with Crippen molar-refractivity contribution >= 4 is 45.4 Å². The highest BCUT2D eigenvalue weighted by Crippen LogP contribution is 2.44. The zero-order chi connectivity index (χ0) is 25.6. The monoisotopic (exact) mass is 491 g/mol. The molecule has 4 rings (SSSR count). The SMILES string of the molecule is CC(=O)c1sc(N2C(=O)C(=O)/C(=C(/O)c3cc(C)ccc3C)C2c2cccc([N+](=O)[O-])c2)nc1C. The summed E-state index contributed by atoms with van der Waals surface area (Å²) in [5.41, 5.74) is 2.09. The first kappa shape index (κ1) is 24.0. The number of aromatic nitrogens is 1. The van der Waals surface area contributed by atoms with E-state index < -0.39 is 22.7 Å². The molecule has 1 aliphatic rings. The molecule has 9 nitrogen and oxygen atoms in total. The normalized spacial score (nSPS) is 17.1. The molecule has 1 unspecified atom stereocenters. The molecule has 178 valence electrons. The van der Waals surface area contributed by atoms with Crippen LogP contribution in [0.3, 0.4) is 0 Å². The molecule has 1 saturated heterocycles. The Balaban J connectivity index is 2.01. The van der Waals surface area contributed by atoms with Crippen LogP contribution in [0.1, 0.15) is 50.6 Å². The predicted molar refractivity (Wildman–Crippen MR) is 131 cm³/mol. The number of nitrogens with zero attached hydrogens (tertiary/aromatic N) is 3. The number of rotatable bonds is 5. The first-order valence-corrected chi connectivity index (χ1v) is 11.4.